The number of carbonyl (C=O) groups is 1. The van der Waals surface area contributed by atoms with Gasteiger partial charge in [-0.05, 0) is 36.6 Å². The van der Waals surface area contributed by atoms with E-state index in [1.165, 1.54) is 17.7 Å². The van der Waals surface area contributed by atoms with Crippen molar-refractivity contribution in [1.29, 1.82) is 0 Å². The van der Waals surface area contributed by atoms with Crippen molar-refractivity contribution in [3.8, 4) is 5.75 Å². The third-order valence-corrected chi connectivity index (χ3v) is 6.59. The molecule has 2 aromatic rings. The van der Waals surface area contributed by atoms with Gasteiger partial charge in [0.2, 0.25) is 10.0 Å². The number of hydrogen-bond acceptors (Lipinski definition) is 4. The van der Waals surface area contributed by atoms with Crippen LogP contribution >= 0.6 is 0 Å². The number of sulfonamides is 1. The highest BCUT2D eigenvalue weighted by molar-refractivity contribution is 7.89. The molecule has 0 atom stereocenters. The second kappa shape index (κ2) is 6.41. The smallest absolute Gasteiger partial charge is 0.262 e. The van der Waals surface area contributed by atoms with Gasteiger partial charge in [0.25, 0.3) is 5.91 Å². The van der Waals surface area contributed by atoms with E-state index in [9.17, 15) is 13.2 Å². The number of carbonyl (C=O) groups excluding carboxylic acids is 1. The van der Waals surface area contributed by atoms with Gasteiger partial charge in [-0.2, -0.15) is 0 Å². The zero-order valence-electron chi connectivity index (χ0n) is 14.2. The molecule has 2 aromatic carbocycles. The first-order valence-electron chi connectivity index (χ1n) is 8.60. The number of hydrogen-bond donors (Lipinski definition) is 2. The summed E-state index contributed by atoms with van der Waals surface area (Å²) in [6.45, 7) is 0.302. The molecule has 26 heavy (non-hydrogen) atoms. The standard InChI is InChI=1S/C19H20N2O4S/c22-18-12-25-17-8-7-15(11-16(17)21-18)26(23,24)20-13-19(9-4-10-19)14-5-2-1-3-6-14/h1-3,5-8,11,20H,4,9-10,12-13H2,(H,21,22). The normalized spacial score (nSPS) is 18.2. The second-order valence-corrected chi connectivity index (χ2v) is 8.59. The summed E-state index contributed by atoms with van der Waals surface area (Å²) in [7, 11) is -3.69. The quantitative estimate of drug-likeness (QED) is 0.844. The third kappa shape index (κ3) is 3.08. The zero-order valence-corrected chi connectivity index (χ0v) is 15.0. The molecule has 1 saturated carbocycles. The van der Waals surface area contributed by atoms with Gasteiger partial charge in [-0.15, -0.1) is 0 Å². The first-order chi connectivity index (χ1) is 12.5. The fraction of sp³-hybridized carbons (Fsp3) is 0.316. The van der Waals surface area contributed by atoms with Gasteiger partial charge >= 0.3 is 0 Å². The SMILES string of the molecule is O=C1COc2ccc(S(=O)(=O)NCC3(c4ccccc4)CCC3)cc2N1. The molecule has 7 heteroatoms. The first kappa shape index (κ1) is 17.1. The van der Waals surface area contributed by atoms with Crippen LogP contribution < -0.4 is 14.8 Å². The lowest BCUT2D eigenvalue weighted by atomic mass is 9.64. The molecule has 4 rings (SSSR count). The Labute approximate surface area is 152 Å². The van der Waals surface area contributed by atoms with Gasteiger partial charge in [-0.1, -0.05) is 36.8 Å². The highest BCUT2D eigenvalue weighted by atomic mass is 32.2. The monoisotopic (exact) mass is 372 g/mol. The van der Waals surface area contributed by atoms with Gasteiger partial charge in [0.05, 0.1) is 10.6 Å². The van der Waals surface area contributed by atoms with Crippen LogP contribution in [-0.2, 0) is 20.2 Å². The van der Waals surface area contributed by atoms with Crippen LogP contribution in [0.5, 0.6) is 5.75 Å². The zero-order chi connectivity index (χ0) is 18.2. The Balaban J connectivity index is 1.54. The molecule has 1 amide bonds. The summed E-state index contributed by atoms with van der Waals surface area (Å²) in [5.74, 6) is 0.181. The highest BCUT2D eigenvalue weighted by Gasteiger charge is 2.39. The fourth-order valence-electron chi connectivity index (χ4n) is 3.51. The molecule has 0 radical (unpaired) electrons. The molecule has 1 aliphatic carbocycles. The van der Waals surface area contributed by atoms with Gasteiger partial charge in [0.1, 0.15) is 5.75 Å². The predicted molar refractivity (Wildman–Crippen MR) is 97.7 cm³/mol. The Morgan fingerprint density at radius 1 is 1.12 bits per heavy atom. The van der Waals surface area contributed by atoms with Crippen LogP contribution in [0.4, 0.5) is 5.69 Å². The fourth-order valence-corrected chi connectivity index (χ4v) is 4.66. The maximum Gasteiger partial charge on any atom is 0.262 e. The number of nitrogens with one attached hydrogen (secondary N) is 2. The number of anilines is 1. The molecule has 2 N–H and O–H groups in total. The summed E-state index contributed by atoms with van der Waals surface area (Å²) >= 11 is 0. The van der Waals surface area contributed by atoms with E-state index in [0.717, 1.165) is 19.3 Å². The molecule has 0 unspecified atom stereocenters. The Morgan fingerprint density at radius 2 is 1.88 bits per heavy atom. The summed E-state index contributed by atoms with van der Waals surface area (Å²) in [6, 6.07) is 14.5. The second-order valence-electron chi connectivity index (χ2n) is 6.82. The Hall–Kier alpha value is -2.38. The van der Waals surface area contributed by atoms with Crippen LogP contribution in [0.2, 0.25) is 0 Å². The van der Waals surface area contributed by atoms with E-state index >= 15 is 0 Å². The van der Waals surface area contributed by atoms with Crippen LogP contribution in [0, 0.1) is 0 Å². The Morgan fingerprint density at radius 3 is 2.58 bits per heavy atom. The molecule has 0 saturated heterocycles. The van der Waals surface area contributed by atoms with Crippen molar-refractivity contribution < 1.29 is 17.9 Å². The molecular formula is C19H20N2O4S. The molecule has 6 nitrogen and oxygen atoms in total. The van der Waals surface area contributed by atoms with Crippen molar-refractivity contribution in [2.24, 2.45) is 0 Å². The van der Waals surface area contributed by atoms with Crippen molar-refractivity contribution in [3.63, 3.8) is 0 Å². The van der Waals surface area contributed by atoms with Crippen LogP contribution in [0.1, 0.15) is 24.8 Å². The summed E-state index contributed by atoms with van der Waals surface area (Å²) < 4.78 is 33.5. The largest absolute Gasteiger partial charge is 0.482 e. The van der Waals surface area contributed by atoms with Crippen molar-refractivity contribution in [2.75, 3.05) is 18.5 Å². The number of fused-ring (bicyclic) bond motifs is 1. The summed E-state index contributed by atoms with van der Waals surface area (Å²) in [6.07, 6.45) is 3.03. The van der Waals surface area contributed by atoms with Gasteiger partial charge in [0, 0.05) is 12.0 Å². The lowest BCUT2D eigenvalue weighted by molar-refractivity contribution is -0.118. The average Bonchev–Trinajstić information content (AvgIpc) is 2.61. The lowest BCUT2D eigenvalue weighted by Gasteiger charge is -2.42. The molecule has 1 heterocycles. The molecule has 0 aromatic heterocycles. The van der Waals surface area contributed by atoms with Crippen molar-refractivity contribution >= 4 is 21.6 Å². The van der Waals surface area contributed by atoms with E-state index in [-0.39, 0.29) is 22.8 Å². The maximum absolute atomic E-state index is 12.8. The van der Waals surface area contributed by atoms with E-state index in [2.05, 4.69) is 22.2 Å². The van der Waals surface area contributed by atoms with Crippen molar-refractivity contribution in [3.05, 3.63) is 54.1 Å². The van der Waals surface area contributed by atoms with Crippen molar-refractivity contribution in [1.82, 2.24) is 4.72 Å². The van der Waals surface area contributed by atoms with Crippen LogP contribution in [0.3, 0.4) is 0 Å². The van der Waals surface area contributed by atoms with E-state index in [4.69, 9.17) is 4.74 Å². The maximum atomic E-state index is 12.8. The minimum absolute atomic E-state index is 0.0586. The lowest BCUT2D eigenvalue weighted by Crippen LogP contribution is -2.45. The van der Waals surface area contributed by atoms with Gasteiger partial charge in [0.15, 0.2) is 6.61 Å². The van der Waals surface area contributed by atoms with Crippen LogP contribution in [0.15, 0.2) is 53.4 Å². The minimum atomic E-state index is -3.69. The molecule has 0 bridgehead atoms. The summed E-state index contributed by atoms with van der Waals surface area (Å²) in [4.78, 5) is 11.6. The molecule has 1 fully saturated rings. The highest BCUT2D eigenvalue weighted by Crippen LogP contribution is 2.43. The Bertz CT molecular complexity index is 937. The van der Waals surface area contributed by atoms with Crippen molar-refractivity contribution in [2.45, 2.75) is 29.6 Å². The van der Waals surface area contributed by atoms with Gasteiger partial charge < -0.3 is 10.1 Å². The summed E-state index contributed by atoms with van der Waals surface area (Å²) in [5.41, 5.74) is 1.41. The number of amides is 1. The molecule has 136 valence electrons. The van der Waals surface area contributed by atoms with Crippen LogP contribution in [0.25, 0.3) is 0 Å². The van der Waals surface area contributed by atoms with Crippen LogP contribution in [-0.4, -0.2) is 27.5 Å². The third-order valence-electron chi connectivity index (χ3n) is 5.19. The number of rotatable bonds is 5. The molecule has 0 spiro atoms. The van der Waals surface area contributed by atoms with E-state index in [1.807, 2.05) is 18.2 Å². The number of ether oxygens (including phenoxy) is 1. The molecule has 2 aliphatic rings. The van der Waals surface area contributed by atoms with Gasteiger partial charge in [-0.3, -0.25) is 4.79 Å². The molecule has 1 aliphatic heterocycles. The molecular weight excluding hydrogens is 352 g/mol. The summed E-state index contributed by atoms with van der Waals surface area (Å²) in [5, 5.41) is 2.64. The van der Waals surface area contributed by atoms with E-state index in [1.54, 1.807) is 6.07 Å². The van der Waals surface area contributed by atoms with Gasteiger partial charge in [-0.25, -0.2) is 13.1 Å². The Kier molecular flexibility index (Phi) is 4.20. The minimum Gasteiger partial charge on any atom is -0.482 e. The number of benzene rings is 2. The average molecular weight is 372 g/mol. The predicted octanol–water partition coefficient (Wildman–Crippen LogP) is 2.42. The van der Waals surface area contributed by atoms with E-state index in [0.29, 0.717) is 18.0 Å². The van der Waals surface area contributed by atoms with E-state index < -0.39 is 10.0 Å². The topological polar surface area (TPSA) is 84.5 Å². The first-order valence-corrected chi connectivity index (χ1v) is 10.1.